The smallest absolute Gasteiger partial charge is 0.241 e. The number of likely N-dealkylation sites (N-methyl/N-ethyl adjacent to an activating group) is 1. The molecule has 0 saturated heterocycles. The van der Waals surface area contributed by atoms with Crippen LogP contribution < -0.4 is 15.4 Å². The molecule has 0 aliphatic rings. The van der Waals surface area contributed by atoms with E-state index in [1.807, 2.05) is 24.3 Å². The molecule has 7 heteroatoms. The molecular formula is C19H22BrN3O3. The van der Waals surface area contributed by atoms with E-state index in [1.165, 1.54) is 0 Å². The van der Waals surface area contributed by atoms with Gasteiger partial charge in [0.2, 0.25) is 11.8 Å². The Morgan fingerprint density at radius 2 is 1.81 bits per heavy atom. The molecule has 6 nitrogen and oxygen atoms in total. The fourth-order valence-electron chi connectivity index (χ4n) is 2.24. The van der Waals surface area contributed by atoms with Gasteiger partial charge in [-0.3, -0.25) is 14.5 Å². The summed E-state index contributed by atoms with van der Waals surface area (Å²) < 4.78 is 6.07. The molecule has 138 valence electrons. The molecule has 0 spiro atoms. The second kappa shape index (κ2) is 9.35. The van der Waals surface area contributed by atoms with Crippen LogP contribution in [0.15, 0.2) is 53.0 Å². The molecule has 1 atom stereocenters. The molecule has 2 rings (SSSR count). The number of halogens is 1. The van der Waals surface area contributed by atoms with Crippen molar-refractivity contribution in [3.05, 3.63) is 53.0 Å². The maximum Gasteiger partial charge on any atom is 0.241 e. The summed E-state index contributed by atoms with van der Waals surface area (Å²) in [6, 6.07) is 14.0. The molecule has 0 heterocycles. The van der Waals surface area contributed by atoms with E-state index in [0.29, 0.717) is 17.1 Å². The van der Waals surface area contributed by atoms with Gasteiger partial charge in [0.05, 0.1) is 19.7 Å². The summed E-state index contributed by atoms with van der Waals surface area (Å²) in [6.45, 7) is 1.85. The quantitative estimate of drug-likeness (QED) is 0.721. The summed E-state index contributed by atoms with van der Waals surface area (Å²) in [4.78, 5) is 26.2. The molecule has 2 amide bonds. The predicted octanol–water partition coefficient (Wildman–Crippen LogP) is 3.36. The van der Waals surface area contributed by atoms with E-state index < -0.39 is 6.04 Å². The minimum Gasteiger partial charge on any atom is -0.497 e. The molecule has 26 heavy (non-hydrogen) atoms. The van der Waals surface area contributed by atoms with Gasteiger partial charge >= 0.3 is 0 Å². The molecular weight excluding hydrogens is 398 g/mol. The van der Waals surface area contributed by atoms with Crippen molar-refractivity contribution in [1.82, 2.24) is 4.90 Å². The van der Waals surface area contributed by atoms with Crippen LogP contribution in [0.5, 0.6) is 5.75 Å². The molecule has 2 aromatic carbocycles. The number of carbonyl (C=O) groups is 2. The maximum atomic E-state index is 12.3. The number of methoxy groups -OCH3 is 1. The number of amides is 2. The second-order valence-electron chi connectivity index (χ2n) is 5.87. The predicted molar refractivity (Wildman–Crippen MR) is 106 cm³/mol. The van der Waals surface area contributed by atoms with Gasteiger partial charge in [-0.2, -0.15) is 0 Å². The van der Waals surface area contributed by atoms with Gasteiger partial charge in [0.15, 0.2) is 0 Å². The van der Waals surface area contributed by atoms with Gasteiger partial charge < -0.3 is 15.4 Å². The molecule has 0 fully saturated rings. The van der Waals surface area contributed by atoms with Crippen LogP contribution in [0, 0.1) is 0 Å². The topological polar surface area (TPSA) is 70.7 Å². The monoisotopic (exact) mass is 419 g/mol. The van der Waals surface area contributed by atoms with Crippen molar-refractivity contribution in [2.24, 2.45) is 0 Å². The van der Waals surface area contributed by atoms with Gasteiger partial charge in [-0.15, -0.1) is 0 Å². The lowest BCUT2D eigenvalue weighted by atomic mass is 10.2. The number of nitrogens with zero attached hydrogens (tertiary/aromatic N) is 1. The molecule has 0 saturated carbocycles. The molecule has 0 aliphatic heterocycles. The molecule has 2 aromatic rings. The second-order valence-corrected chi connectivity index (χ2v) is 6.78. The van der Waals surface area contributed by atoms with Crippen molar-refractivity contribution < 1.29 is 14.3 Å². The van der Waals surface area contributed by atoms with Crippen LogP contribution in [0.1, 0.15) is 6.92 Å². The fourth-order valence-corrected chi connectivity index (χ4v) is 2.51. The Morgan fingerprint density at radius 3 is 2.46 bits per heavy atom. The van der Waals surface area contributed by atoms with E-state index >= 15 is 0 Å². The highest BCUT2D eigenvalue weighted by atomic mass is 79.9. The van der Waals surface area contributed by atoms with Gasteiger partial charge in [0.25, 0.3) is 0 Å². The lowest BCUT2D eigenvalue weighted by molar-refractivity contribution is -0.122. The summed E-state index contributed by atoms with van der Waals surface area (Å²) in [5.74, 6) is 0.284. The first-order chi connectivity index (χ1) is 12.4. The Labute approximate surface area is 161 Å². The van der Waals surface area contributed by atoms with Crippen molar-refractivity contribution >= 4 is 39.1 Å². The van der Waals surface area contributed by atoms with Crippen molar-refractivity contribution in [2.45, 2.75) is 13.0 Å². The normalized spacial score (nSPS) is 11.7. The van der Waals surface area contributed by atoms with Crippen LogP contribution in [0.3, 0.4) is 0 Å². The maximum absolute atomic E-state index is 12.3. The number of hydrogen-bond acceptors (Lipinski definition) is 4. The molecule has 0 aromatic heterocycles. The van der Waals surface area contributed by atoms with Crippen LogP contribution in [-0.4, -0.2) is 43.5 Å². The summed E-state index contributed by atoms with van der Waals surface area (Å²) >= 11 is 3.35. The largest absolute Gasteiger partial charge is 0.497 e. The molecule has 0 aliphatic carbocycles. The third-order valence-corrected chi connectivity index (χ3v) is 4.43. The number of rotatable bonds is 7. The standard InChI is InChI=1S/C19H22BrN3O3/c1-13(19(25)22-15-9-7-14(20)8-10-15)23(2)12-18(24)21-16-5-4-6-17(11-16)26-3/h4-11,13H,12H2,1-3H3,(H,21,24)(H,22,25)/t13-/m1/s1. The molecule has 0 unspecified atom stereocenters. The van der Waals surface area contributed by atoms with E-state index in [1.54, 1.807) is 50.2 Å². The van der Waals surface area contributed by atoms with Crippen LogP contribution in [0.25, 0.3) is 0 Å². The highest BCUT2D eigenvalue weighted by molar-refractivity contribution is 9.10. The zero-order valence-corrected chi connectivity index (χ0v) is 16.5. The Hall–Kier alpha value is -2.38. The lowest BCUT2D eigenvalue weighted by Gasteiger charge is -2.23. The van der Waals surface area contributed by atoms with Crippen molar-refractivity contribution in [2.75, 3.05) is 31.3 Å². The average Bonchev–Trinajstić information content (AvgIpc) is 2.62. The lowest BCUT2D eigenvalue weighted by Crippen LogP contribution is -2.43. The zero-order valence-electron chi connectivity index (χ0n) is 15.0. The van der Waals surface area contributed by atoms with Crippen molar-refractivity contribution in [3.63, 3.8) is 0 Å². The zero-order chi connectivity index (χ0) is 19.1. The highest BCUT2D eigenvalue weighted by Gasteiger charge is 2.20. The van der Waals surface area contributed by atoms with Crippen molar-refractivity contribution in [3.8, 4) is 5.75 Å². The number of ether oxygens (including phenoxy) is 1. The minimum absolute atomic E-state index is 0.0894. The number of anilines is 2. The minimum atomic E-state index is -0.463. The SMILES string of the molecule is COc1cccc(NC(=O)CN(C)[C@H](C)C(=O)Nc2ccc(Br)cc2)c1. The first kappa shape index (κ1) is 19.9. The van der Waals surface area contributed by atoms with Crippen LogP contribution in [-0.2, 0) is 9.59 Å². The number of benzene rings is 2. The number of hydrogen-bond donors (Lipinski definition) is 2. The first-order valence-corrected chi connectivity index (χ1v) is 8.89. The van der Waals surface area contributed by atoms with E-state index in [-0.39, 0.29) is 18.4 Å². The van der Waals surface area contributed by atoms with Gasteiger partial charge in [0.1, 0.15) is 5.75 Å². The van der Waals surface area contributed by atoms with Gasteiger partial charge in [-0.1, -0.05) is 22.0 Å². The van der Waals surface area contributed by atoms with E-state index in [4.69, 9.17) is 4.74 Å². The molecule has 2 N–H and O–H groups in total. The van der Waals surface area contributed by atoms with Gasteiger partial charge in [-0.25, -0.2) is 0 Å². The molecule has 0 radical (unpaired) electrons. The Bertz CT molecular complexity index is 765. The Kier molecular flexibility index (Phi) is 7.17. The fraction of sp³-hybridized carbons (Fsp3) is 0.263. The Morgan fingerprint density at radius 1 is 1.12 bits per heavy atom. The summed E-state index contributed by atoms with van der Waals surface area (Å²) in [7, 11) is 3.30. The van der Waals surface area contributed by atoms with Gasteiger partial charge in [-0.05, 0) is 50.4 Å². The van der Waals surface area contributed by atoms with Gasteiger partial charge in [0, 0.05) is 21.9 Å². The van der Waals surface area contributed by atoms with Crippen LogP contribution >= 0.6 is 15.9 Å². The van der Waals surface area contributed by atoms with E-state index in [2.05, 4.69) is 26.6 Å². The van der Waals surface area contributed by atoms with Crippen molar-refractivity contribution in [1.29, 1.82) is 0 Å². The third kappa shape index (κ3) is 5.86. The summed E-state index contributed by atoms with van der Waals surface area (Å²) in [5, 5.41) is 5.64. The average molecular weight is 420 g/mol. The molecule has 0 bridgehead atoms. The summed E-state index contributed by atoms with van der Waals surface area (Å²) in [5.41, 5.74) is 1.36. The van der Waals surface area contributed by atoms with Crippen LogP contribution in [0.2, 0.25) is 0 Å². The number of carbonyl (C=O) groups excluding carboxylic acids is 2. The first-order valence-electron chi connectivity index (χ1n) is 8.09. The third-order valence-electron chi connectivity index (χ3n) is 3.90. The van der Waals surface area contributed by atoms with E-state index in [0.717, 1.165) is 4.47 Å². The van der Waals surface area contributed by atoms with E-state index in [9.17, 15) is 9.59 Å². The summed E-state index contributed by atoms with van der Waals surface area (Å²) in [6.07, 6.45) is 0. The van der Waals surface area contributed by atoms with Crippen LogP contribution in [0.4, 0.5) is 11.4 Å². The Balaban J connectivity index is 1.88. The highest BCUT2D eigenvalue weighted by Crippen LogP contribution is 2.17. The number of nitrogens with one attached hydrogen (secondary N) is 2.